The van der Waals surface area contributed by atoms with Crippen LogP contribution in [0.4, 0.5) is 0 Å². The van der Waals surface area contributed by atoms with Crippen molar-refractivity contribution in [2.24, 2.45) is 23.7 Å². The van der Waals surface area contributed by atoms with Gasteiger partial charge in [-0.25, -0.2) is 0 Å². The lowest BCUT2D eigenvalue weighted by atomic mass is 9.66. The minimum absolute atomic E-state index is 0.0504. The van der Waals surface area contributed by atoms with Crippen LogP contribution in [0.3, 0.4) is 0 Å². The molecule has 2 bridgehead atoms. The minimum Gasteiger partial charge on any atom is -0.394 e. The summed E-state index contributed by atoms with van der Waals surface area (Å²) in [5.41, 5.74) is 0. The third-order valence-corrected chi connectivity index (χ3v) is 10.3. The highest BCUT2D eigenvalue weighted by Gasteiger charge is 2.76. The molecule has 8 heteroatoms. The maximum absolute atomic E-state index is 14.1. The number of nitrogens with zero attached hydrogens (tertiary/aromatic N) is 1. The second-order valence-electron chi connectivity index (χ2n) is 10.2. The summed E-state index contributed by atoms with van der Waals surface area (Å²) in [5, 5.41) is 16.5. The average Bonchev–Trinajstić information content (AvgIpc) is 3.39. The molecule has 0 aromatic rings. The maximum atomic E-state index is 14.1. The topological polar surface area (TPSA) is 98.7 Å². The predicted molar refractivity (Wildman–Crippen MR) is 132 cm³/mol. The molecule has 0 saturated carbocycles. The molecule has 0 aromatic carbocycles. The first kappa shape index (κ1) is 26.3. The van der Waals surface area contributed by atoms with Crippen LogP contribution in [0.5, 0.6) is 0 Å². The van der Waals surface area contributed by atoms with Crippen molar-refractivity contribution in [2.75, 3.05) is 19.7 Å². The van der Waals surface area contributed by atoms with Crippen LogP contribution in [0.1, 0.15) is 73.1 Å². The Labute approximate surface area is 203 Å². The molecular formula is C25H43N3O4S. The molecule has 3 heterocycles. The van der Waals surface area contributed by atoms with Gasteiger partial charge in [0.2, 0.25) is 17.7 Å². The number of fused-ring (bicyclic) bond motifs is 1. The predicted octanol–water partition coefficient (Wildman–Crippen LogP) is 2.56. The van der Waals surface area contributed by atoms with Crippen molar-refractivity contribution in [3.05, 3.63) is 0 Å². The Bertz CT molecular complexity index is 734. The van der Waals surface area contributed by atoms with E-state index in [4.69, 9.17) is 0 Å². The molecule has 3 amide bonds. The molecule has 188 valence electrons. The zero-order valence-electron chi connectivity index (χ0n) is 20.9. The number of aliphatic hydroxyl groups is 1. The van der Waals surface area contributed by atoms with Crippen molar-refractivity contribution in [1.29, 1.82) is 0 Å². The number of carbonyl (C=O) groups is 3. The van der Waals surface area contributed by atoms with E-state index in [0.717, 1.165) is 38.5 Å². The van der Waals surface area contributed by atoms with Crippen LogP contribution in [0.25, 0.3) is 0 Å². The summed E-state index contributed by atoms with van der Waals surface area (Å²) in [6, 6.07) is -1.09. The van der Waals surface area contributed by atoms with E-state index in [0.29, 0.717) is 13.1 Å². The van der Waals surface area contributed by atoms with Crippen molar-refractivity contribution < 1.29 is 19.5 Å². The molecule has 7 nitrogen and oxygen atoms in total. The fourth-order valence-electron chi connectivity index (χ4n) is 6.28. The number of nitrogens with one attached hydrogen (secondary N) is 2. The summed E-state index contributed by atoms with van der Waals surface area (Å²) in [6.07, 6.45) is 5.48. The summed E-state index contributed by atoms with van der Waals surface area (Å²) in [4.78, 5) is 42.7. The SMILES string of the molecule is CCCCCNC(=O)C1N([C@@H](CO)[C@@H](C)CC)C(=O)[C@@H]2[C@@H](C(=O)NCCC)[C@H]3CC(C)C12S3. The number of aliphatic hydroxyl groups excluding tert-OH is 1. The molecule has 3 aliphatic heterocycles. The standard InChI is InChI=1S/C25H43N3O4S/c1-6-9-10-12-27-23(31)21-25-16(5)13-18(33-25)19(22(30)26-11-7-2)20(25)24(32)28(21)17(14-29)15(4)8-3/h15-21,29H,6-14H2,1-5H3,(H,26,30)(H,27,31)/t15-,16?,17-,18+,19-,20-,21?,25?/m0/s1. The summed E-state index contributed by atoms with van der Waals surface area (Å²) < 4.78 is -0.619. The molecule has 3 aliphatic rings. The fourth-order valence-corrected chi connectivity index (χ4v) is 8.69. The van der Waals surface area contributed by atoms with Crippen molar-refractivity contribution in [3.8, 4) is 0 Å². The van der Waals surface area contributed by atoms with Gasteiger partial charge in [0.25, 0.3) is 0 Å². The Balaban J connectivity index is 2.00. The minimum atomic E-state index is -0.656. The summed E-state index contributed by atoms with van der Waals surface area (Å²) >= 11 is 1.70. The lowest BCUT2D eigenvalue weighted by molar-refractivity contribution is -0.144. The third-order valence-electron chi connectivity index (χ3n) is 8.21. The summed E-state index contributed by atoms with van der Waals surface area (Å²) in [7, 11) is 0. The van der Waals surface area contributed by atoms with Crippen molar-refractivity contribution in [2.45, 2.75) is 95.2 Å². The van der Waals surface area contributed by atoms with Gasteiger partial charge >= 0.3 is 0 Å². The van der Waals surface area contributed by atoms with Gasteiger partial charge in [0.15, 0.2) is 0 Å². The Hall–Kier alpha value is -1.28. The van der Waals surface area contributed by atoms with Gasteiger partial charge in [0, 0.05) is 18.3 Å². The van der Waals surface area contributed by atoms with Gasteiger partial charge in [-0.15, -0.1) is 11.8 Å². The molecule has 33 heavy (non-hydrogen) atoms. The Morgan fingerprint density at radius 1 is 1.15 bits per heavy atom. The van der Waals surface area contributed by atoms with Gasteiger partial charge in [-0.1, -0.05) is 53.9 Å². The Morgan fingerprint density at radius 3 is 2.45 bits per heavy atom. The molecule has 0 aromatic heterocycles. The van der Waals surface area contributed by atoms with Gasteiger partial charge in [-0.05, 0) is 31.1 Å². The van der Waals surface area contributed by atoms with Crippen LogP contribution in [0.2, 0.25) is 0 Å². The maximum Gasteiger partial charge on any atom is 0.244 e. The lowest BCUT2D eigenvalue weighted by Gasteiger charge is -2.41. The van der Waals surface area contributed by atoms with Gasteiger partial charge < -0.3 is 20.6 Å². The highest BCUT2D eigenvalue weighted by Crippen LogP contribution is 2.68. The summed E-state index contributed by atoms with van der Waals surface area (Å²) in [5.74, 6) is -1.05. The number of likely N-dealkylation sites (tertiary alicyclic amines) is 1. The van der Waals surface area contributed by atoms with Crippen LogP contribution in [0.15, 0.2) is 0 Å². The molecule has 3 fully saturated rings. The van der Waals surface area contributed by atoms with Crippen LogP contribution in [-0.2, 0) is 14.4 Å². The van der Waals surface area contributed by atoms with Crippen LogP contribution >= 0.6 is 11.8 Å². The summed E-state index contributed by atoms with van der Waals surface area (Å²) in [6.45, 7) is 11.3. The van der Waals surface area contributed by atoms with E-state index in [1.165, 1.54) is 0 Å². The van der Waals surface area contributed by atoms with Crippen LogP contribution in [0, 0.1) is 23.7 Å². The second kappa shape index (κ2) is 11.0. The van der Waals surface area contributed by atoms with Crippen LogP contribution in [-0.4, -0.2) is 69.5 Å². The van der Waals surface area contributed by atoms with Crippen molar-refractivity contribution in [3.63, 3.8) is 0 Å². The highest BCUT2D eigenvalue weighted by atomic mass is 32.2. The quantitative estimate of drug-likeness (QED) is 0.372. The van der Waals surface area contributed by atoms with E-state index in [-0.39, 0.29) is 41.4 Å². The van der Waals surface area contributed by atoms with E-state index < -0.39 is 28.7 Å². The van der Waals surface area contributed by atoms with Gasteiger partial charge in [-0.2, -0.15) is 0 Å². The molecule has 0 aliphatic carbocycles. The molecular weight excluding hydrogens is 438 g/mol. The van der Waals surface area contributed by atoms with E-state index in [1.54, 1.807) is 16.7 Å². The lowest BCUT2D eigenvalue weighted by Crippen LogP contribution is -2.59. The first-order valence-electron chi connectivity index (χ1n) is 13.0. The van der Waals surface area contributed by atoms with E-state index >= 15 is 0 Å². The van der Waals surface area contributed by atoms with E-state index in [2.05, 4.69) is 24.5 Å². The van der Waals surface area contributed by atoms with Gasteiger partial charge in [0.1, 0.15) is 6.04 Å². The molecule has 0 radical (unpaired) electrons. The number of rotatable bonds is 12. The molecule has 3 N–H and O–H groups in total. The second-order valence-corrected chi connectivity index (χ2v) is 11.8. The molecule has 3 saturated heterocycles. The Morgan fingerprint density at radius 2 is 1.85 bits per heavy atom. The van der Waals surface area contributed by atoms with E-state index in [1.807, 2.05) is 20.8 Å². The first-order valence-corrected chi connectivity index (χ1v) is 13.8. The average molecular weight is 482 g/mol. The fraction of sp³-hybridized carbons (Fsp3) is 0.880. The molecule has 3 rings (SSSR count). The number of thioether (sulfide) groups is 1. The van der Waals surface area contributed by atoms with E-state index in [9.17, 15) is 19.5 Å². The van der Waals surface area contributed by atoms with Crippen LogP contribution < -0.4 is 10.6 Å². The highest BCUT2D eigenvalue weighted by molar-refractivity contribution is 8.02. The number of hydrogen-bond acceptors (Lipinski definition) is 5. The molecule has 1 spiro atoms. The van der Waals surface area contributed by atoms with Gasteiger partial charge in [0.05, 0.1) is 29.2 Å². The number of hydrogen-bond donors (Lipinski definition) is 3. The van der Waals surface area contributed by atoms with Crippen molar-refractivity contribution >= 4 is 29.5 Å². The number of amides is 3. The number of unbranched alkanes of at least 4 members (excludes halogenated alkanes) is 2. The molecule has 8 atom stereocenters. The van der Waals surface area contributed by atoms with Gasteiger partial charge in [-0.3, -0.25) is 14.4 Å². The first-order chi connectivity index (χ1) is 15.8. The zero-order valence-corrected chi connectivity index (χ0v) is 21.7. The van der Waals surface area contributed by atoms with Crippen molar-refractivity contribution in [1.82, 2.24) is 15.5 Å². The number of carbonyl (C=O) groups excluding carboxylic acids is 3. The largest absolute Gasteiger partial charge is 0.394 e. The Kier molecular flexibility index (Phi) is 8.76. The normalized spacial score (nSPS) is 34.3. The smallest absolute Gasteiger partial charge is 0.244 e. The monoisotopic (exact) mass is 481 g/mol. The molecule has 3 unspecified atom stereocenters. The third kappa shape index (κ3) is 4.42. The zero-order chi connectivity index (χ0) is 24.3.